The number of anilines is 1. The minimum absolute atomic E-state index is 0.0125. The van der Waals surface area contributed by atoms with Crippen molar-refractivity contribution in [1.29, 1.82) is 0 Å². The van der Waals surface area contributed by atoms with E-state index in [2.05, 4.69) is 4.72 Å². The molecule has 2 aromatic rings. The van der Waals surface area contributed by atoms with Crippen LogP contribution in [-0.2, 0) is 24.8 Å². The van der Waals surface area contributed by atoms with Gasteiger partial charge in [0.05, 0.1) is 33.6 Å². The highest BCUT2D eigenvalue weighted by atomic mass is 32.2. The van der Waals surface area contributed by atoms with Gasteiger partial charge in [0.1, 0.15) is 0 Å². The predicted octanol–water partition coefficient (Wildman–Crippen LogP) is 2.34. The highest BCUT2D eigenvalue weighted by Crippen LogP contribution is 2.29. The smallest absolute Gasteiger partial charge is 0.271 e. The minimum atomic E-state index is -4.21. The monoisotopic (exact) mass is 469 g/mol. The van der Waals surface area contributed by atoms with E-state index in [1.165, 1.54) is 28.6 Å². The molecule has 3 rings (SSSR count). The second-order valence-electron chi connectivity index (χ2n) is 7.25. The van der Waals surface area contributed by atoms with Gasteiger partial charge in [-0.15, -0.1) is 0 Å². The maximum absolute atomic E-state index is 13.0. The molecule has 10 nitrogen and oxygen atoms in total. The zero-order chi connectivity index (χ0) is 23.0. The molecule has 1 N–H and O–H groups in total. The van der Waals surface area contributed by atoms with Gasteiger partial charge >= 0.3 is 0 Å². The van der Waals surface area contributed by atoms with E-state index >= 15 is 0 Å². The number of aryl methyl sites for hydroxylation is 2. The number of nitro groups is 1. The Morgan fingerprint density at radius 3 is 2.23 bits per heavy atom. The van der Waals surface area contributed by atoms with E-state index in [-0.39, 0.29) is 47.5 Å². The quantitative estimate of drug-likeness (QED) is 0.506. The van der Waals surface area contributed by atoms with Gasteiger partial charge in [-0.2, -0.15) is 4.31 Å². The fourth-order valence-electron chi connectivity index (χ4n) is 3.27. The fourth-order valence-corrected chi connectivity index (χ4v) is 6.32. The van der Waals surface area contributed by atoms with Crippen LogP contribution in [0, 0.1) is 30.9 Å². The summed E-state index contributed by atoms with van der Waals surface area (Å²) in [4.78, 5) is 10.2. The number of hydrogen-bond acceptors (Lipinski definition) is 7. The van der Waals surface area contributed by atoms with Crippen molar-refractivity contribution in [2.24, 2.45) is 0 Å². The molecule has 31 heavy (non-hydrogen) atoms. The Kier molecular flexibility index (Phi) is 6.37. The molecule has 2 aromatic carbocycles. The third kappa shape index (κ3) is 4.71. The molecule has 1 fully saturated rings. The molecule has 0 spiro atoms. The van der Waals surface area contributed by atoms with Gasteiger partial charge in [0.2, 0.25) is 10.0 Å². The molecule has 1 saturated heterocycles. The predicted molar refractivity (Wildman–Crippen MR) is 114 cm³/mol. The van der Waals surface area contributed by atoms with Crippen LogP contribution in [0.5, 0.6) is 0 Å². The number of benzene rings is 2. The topological polar surface area (TPSA) is 136 Å². The first-order valence-corrected chi connectivity index (χ1v) is 12.3. The molecule has 0 unspecified atom stereocenters. The van der Waals surface area contributed by atoms with Gasteiger partial charge in [-0.3, -0.25) is 14.8 Å². The van der Waals surface area contributed by atoms with Crippen LogP contribution < -0.4 is 4.72 Å². The van der Waals surface area contributed by atoms with E-state index < -0.39 is 25.0 Å². The third-order valence-electron chi connectivity index (χ3n) is 5.13. The van der Waals surface area contributed by atoms with E-state index in [9.17, 15) is 26.9 Å². The van der Waals surface area contributed by atoms with E-state index in [0.717, 1.165) is 6.07 Å². The van der Waals surface area contributed by atoms with Gasteiger partial charge in [0.15, 0.2) is 0 Å². The Hall–Kier alpha value is -2.54. The maximum Gasteiger partial charge on any atom is 0.271 e. The van der Waals surface area contributed by atoms with Crippen LogP contribution >= 0.6 is 0 Å². The minimum Gasteiger partial charge on any atom is -0.379 e. The zero-order valence-corrected chi connectivity index (χ0v) is 18.9. The summed E-state index contributed by atoms with van der Waals surface area (Å²) in [6.45, 7) is 5.76. The second-order valence-corrected chi connectivity index (χ2v) is 10.8. The van der Waals surface area contributed by atoms with E-state index in [0.29, 0.717) is 16.7 Å². The maximum atomic E-state index is 13.0. The lowest BCUT2D eigenvalue weighted by Crippen LogP contribution is -2.40. The molecule has 1 aliphatic rings. The average molecular weight is 470 g/mol. The molecule has 0 amide bonds. The van der Waals surface area contributed by atoms with Crippen molar-refractivity contribution in [1.82, 2.24) is 4.31 Å². The number of ether oxygens (including phenoxy) is 1. The SMILES string of the molecule is Cc1ccc(NS(=O)(=O)c2cc([N+](=O)[O-])cc(C)c2C)cc1S(=O)(=O)N1CCOCC1. The van der Waals surface area contributed by atoms with Crippen molar-refractivity contribution in [2.75, 3.05) is 31.0 Å². The number of morpholine rings is 1. The standard InChI is InChI=1S/C19H23N3O7S2/c1-13-4-5-16(11-18(13)31(27,28)21-6-8-29-9-7-21)20-30(25,26)19-12-17(22(23)24)10-14(2)15(19)3/h4-5,10-12,20H,6-9H2,1-3H3. The summed E-state index contributed by atoms with van der Waals surface area (Å²) in [5, 5.41) is 11.2. The first kappa shape index (κ1) is 23.1. The number of nitrogens with one attached hydrogen (secondary N) is 1. The largest absolute Gasteiger partial charge is 0.379 e. The Balaban J connectivity index is 2.00. The van der Waals surface area contributed by atoms with Gasteiger partial charge in [0.25, 0.3) is 15.7 Å². The van der Waals surface area contributed by atoms with Gasteiger partial charge in [-0.05, 0) is 49.6 Å². The first-order valence-electron chi connectivity index (χ1n) is 9.40. The van der Waals surface area contributed by atoms with E-state index in [1.54, 1.807) is 20.8 Å². The molecular formula is C19H23N3O7S2. The van der Waals surface area contributed by atoms with Gasteiger partial charge in [0, 0.05) is 25.2 Å². The lowest BCUT2D eigenvalue weighted by molar-refractivity contribution is -0.385. The number of nitrogens with zero attached hydrogens (tertiary/aromatic N) is 2. The Morgan fingerprint density at radius 1 is 0.968 bits per heavy atom. The summed E-state index contributed by atoms with van der Waals surface area (Å²) in [6, 6.07) is 6.51. The molecule has 0 aliphatic carbocycles. The number of hydrogen-bond donors (Lipinski definition) is 1. The van der Waals surface area contributed by atoms with Crippen LogP contribution in [0.15, 0.2) is 40.1 Å². The average Bonchev–Trinajstić information content (AvgIpc) is 2.71. The molecule has 1 heterocycles. The van der Waals surface area contributed by atoms with Crippen molar-refractivity contribution in [2.45, 2.75) is 30.6 Å². The van der Waals surface area contributed by atoms with Gasteiger partial charge in [-0.25, -0.2) is 16.8 Å². The summed E-state index contributed by atoms with van der Waals surface area (Å²) < 4.78 is 60.9. The van der Waals surface area contributed by atoms with Crippen molar-refractivity contribution in [3.63, 3.8) is 0 Å². The fraction of sp³-hybridized carbons (Fsp3) is 0.368. The third-order valence-corrected chi connectivity index (χ3v) is 8.68. The first-order chi connectivity index (χ1) is 14.4. The number of nitro benzene ring substituents is 1. The summed E-state index contributed by atoms with van der Waals surface area (Å²) in [5.41, 5.74) is 0.987. The summed E-state index contributed by atoms with van der Waals surface area (Å²) in [6.07, 6.45) is 0. The molecule has 0 atom stereocenters. The van der Waals surface area contributed by atoms with Crippen LogP contribution in [0.2, 0.25) is 0 Å². The van der Waals surface area contributed by atoms with Crippen LogP contribution in [0.25, 0.3) is 0 Å². The highest BCUT2D eigenvalue weighted by Gasteiger charge is 2.29. The summed E-state index contributed by atoms with van der Waals surface area (Å²) in [5.74, 6) is 0. The zero-order valence-electron chi connectivity index (χ0n) is 17.3. The number of non-ortho nitro benzene ring substituents is 1. The van der Waals surface area contributed by atoms with Crippen molar-refractivity contribution >= 4 is 31.4 Å². The molecular weight excluding hydrogens is 446 g/mol. The van der Waals surface area contributed by atoms with Crippen molar-refractivity contribution in [3.05, 3.63) is 57.1 Å². The molecule has 0 aromatic heterocycles. The van der Waals surface area contributed by atoms with Gasteiger partial charge in [-0.1, -0.05) is 6.07 Å². The van der Waals surface area contributed by atoms with Gasteiger partial charge < -0.3 is 4.74 Å². The normalized spacial score (nSPS) is 15.6. The van der Waals surface area contributed by atoms with Crippen LogP contribution in [0.3, 0.4) is 0 Å². The lowest BCUT2D eigenvalue weighted by Gasteiger charge is -2.27. The van der Waals surface area contributed by atoms with Crippen molar-refractivity contribution in [3.8, 4) is 0 Å². The number of rotatable bonds is 6. The highest BCUT2D eigenvalue weighted by molar-refractivity contribution is 7.92. The Labute approximate surface area is 181 Å². The van der Waals surface area contributed by atoms with E-state index in [1.807, 2.05) is 0 Å². The Bertz CT molecular complexity index is 1240. The van der Waals surface area contributed by atoms with Crippen molar-refractivity contribution < 1.29 is 26.5 Å². The van der Waals surface area contributed by atoms with E-state index in [4.69, 9.17) is 4.74 Å². The summed E-state index contributed by atoms with van der Waals surface area (Å²) >= 11 is 0. The summed E-state index contributed by atoms with van der Waals surface area (Å²) in [7, 11) is -8.04. The molecule has 0 bridgehead atoms. The number of sulfonamides is 2. The lowest BCUT2D eigenvalue weighted by atomic mass is 10.1. The molecule has 12 heteroatoms. The Morgan fingerprint density at radius 2 is 1.61 bits per heavy atom. The molecule has 0 saturated carbocycles. The van der Waals surface area contributed by atoms with Crippen LogP contribution in [-0.4, -0.2) is 52.4 Å². The van der Waals surface area contributed by atoms with Crippen LogP contribution in [0.4, 0.5) is 11.4 Å². The molecule has 1 aliphatic heterocycles. The molecule has 168 valence electrons. The van der Waals surface area contributed by atoms with Crippen LogP contribution in [0.1, 0.15) is 16.7 Å². The molecule has 0 radical (unpaired) electrons. The second kappa shape index (κ2) is 8.54.